The minimum absolute atomic E-state index is 0.0124. The summed E-state index contributed by atoms with van der Waals surface area (Å²) in [4.78, 5) is 30.6. The predicted molar refractivity (Wildman–Crippen MR) is 130 cm³/mol. The van der Waals surface area contributed by atoms with Crippen LogP contribution in [0.5, 0.6) is 0 Å². The number of benzene rings is 1. The van der Waals surface area contributed by atoms with E-state index in [0.29, 0.717) is 23.9 Å². The topological polar surface area (TPSA) is 148 Å². The summed E-state index contributed by atoms with van der Waals surface area (Å²) in [7, 11) is -4.20. The molecule has 4 rings (SSSR count). The zero-order valence-corrected chi connectivity index (χ0v) is 20.4. The van der Waals surface area contributed by atoms with Crippen LogP contribution in [0, 0.1) is 10.1 Å². The summed E-state index contributed by atoms with van der Waals surface area (Å²) in [6.07, 6.45) is 3.16. The molecule has 2 aromatic heterocycles. The average molecular weight is 502 g/mol. The molecule has 1 amide bonds. The van der Waals surface area contributed by atoms with E-state index in [4.69, 9.17) is 4.74 Å². The molecular weight excluding hydrogens is 474 g/mol. The summed E-state index contributed by atoms with van der Waals surface area (Å²) in [6, 6.07) is 8.37. The van der Waals surface area contributed by atoms with Crippen molar-refractivity contribution in [2.75, 3.05) is 4.31 Å². The molecule has 3 aromatic rings. The lowest BCUT2D eigenvalue weighted by molar-refractivity contribution is -0.384. The normalized spacial score (nSPS) is 18.4. The third-order valence-electron chi connectivity index (χ3n) is 5.71. The number of hydrogen-bond donors (Lipinski definition) is 2. The number of pyridine rings is 1. The van der Waals surface area contributed by atoms with Gasteiger partial charge >= 0.3 is 11.8 Å². The second-order valence-electron chi connectivity index (χ2n) is 9.41. The van der Waals surface area contributed by atoms with Crippen molar-refractivity contribution in [1.29, 1.82) is 0 Å². The Morgan fingerprint density at radius 2 is 1.94 bits per heavy atom. The van der Waals surface area contributed by atoms with Crippen molar-refractivity contribution >= 4 is 38.5 Å². The smallest absolute Gasteiger partial charge is 0.407 e. The molecule has 0 aliphatic heterocycles. The van der Waals surface area contributed by atoms with Gasteiger partial charge in [0.05, 0.1) is 15.2 Å². The van der Waals surface area contributed by atoms with Crippen LogP contribution in [-0.2, 0) is 14.8 Å². The molecule has 35 heavy (non-hydrogen) atoms. The molecule has 0 saturated heterocycles. The minimum atomic E-state index is -4.20. The quantitative estimate of drug-likeness (QED) is 0.381. The molecular formula is C23H27N5O6S. The Kier molecular flexibility index (Phi) is 6.41. The molecule has 1 fully saturated rings. The fourth-order valence-corrected chi connectivity index (χ4v) is 6.07. The Labute approximate surface area is 202 Å². The molecule has 2 N–H and O–H groups in total. The third-order valence-corrected chi connectivity index (χ3v) is 7.58. The first-order chi connectivity index (χ1) is 16.5. The lowest BCUT2D eigenvalue weighted by atomic mass is 10.2. The fourth-order valence-electron chi connectivity index (χ4n) is 4.33. The molecule has 1 saturated carbocycles. The van der Waals surface area contributed by atoms with Gasteiger partial charge in [0.25, 0.3) is 10.0 Å². The molecule has 2 atom stereocenters. The van der Waals surface area contributed by atoms with E-state index in [2.05, 4.69) is 15.3 Å². The molecule has 1 aromatic carbocycles. The second kappa shape index (κ2) is 9.17. The van der Waals surface area contributed by atoms with Crippen molar-refractivity contribution in [3.05, 3.63) is 58.9 Å². The first kappa shape index (κ1) is 24.5. The second-order valence-corrected chi connectivity index (χ2v) is 11.2. The van der Waals surface area contributed by atoms with Crippen LogP contribution >= 0.6 is 0 Å². The summed E-state index contributed by atoms with van der Waals surface area (Å²) >= 11 is 0. The maximum atomic E-state index is 13.9. The SMILES string of the molecule is CC(C)(C)OC(=O)NC1CCC(N(c2c([N+](=O)[O-])cnc3[nH]ccc23)S(=O)(=O)c2ccccc2)C1. The van der Waals surface area contributed by atoms with Crippen LogP contribution in [0.15, 0.2) is 53.7 Å². The number of amides is 1. The van der Waals surface area contributed by atoms with E-state index in [1.807, 2.05) is 0 Å². The summed E-state index contributed by atoms with van der Waals surface area (Å²) in [5.41, 5.74) is -0.809. The van der Waals surface area contributed by atoms with Crippen molar-refractivity contribution in [3.8, 4) is 0 Å². The van der Waals surface area contributed by atoms with Crippen molar-refractivity contribution in [1.82, 2.24) is 15.3 Å². The number of carbonyl (C=O) groups excluding carboxylic acids is 1. The number of aromatic amines is 1. The number of aromatic nitrogens is 2. The lowest BCUT2D eigenvalue weighted by Crippen LogP contribution is -2.42. The van der Waals surface area contributed by atoms with Gasteiger partial charge in [-0.2, -0.15) is 0 Å². The Morgan fingerprint density at radius 1 is 1.23 bits per heavy atom. The highest BCUT2D eigenvalue weighted by molar-refractivity contribution is 7.93. The van der Waals surface area contributed by atoms with E-state index in [0.717, 1.165) is 10.5 Å². The highest BCUT2D eigenvalue weighted by Crippen LogP contribution is 2.42. The zero-order valence-electron chi connectivity index (χ0n) is 19.6. The van der Waals surface area contributed by atoms with Crippen LogP contribution in [0.2, 0.25) is 0 Å². The fraction of sp³-hybridized carbons (Fsp3) is 0.391. The van der Waals surface area contributed by atoms with Gasteiger partial charge in [-0.25, -0.2) is 18.2 Å². The molecule has 11 nitrogen and oxygen atoms in total. The first-order valence-corrected chi connectivity index (χ1v) is 12.6. The predicted octanol–water partition coefficient (Wildman–Crippen LogP) is 4.11. The van der Waals surface area contributed by atoms with Crippen molar-refractivity contribution < 1.29 is 22.9 Å². The molecule has 0 bridgehead atoms. The summed E-state index contributed by atoms with van der Waals surface area (Å²) in [5, 5.41) is 15.1. The number of hydrogen-bond acceptors (Lipinski definition) is 7. The van der Waals surface area contributed by atoms with Crippen molar-refractivity contribution in [2.24, 2.45) is 0 Å². The van der Waals surface area contributed by atoms with Gasteiger partial charge in [-0.1, -0.05) is 18.2 Å². The maximum Gasteiger partial charge on any atom is 0.407 e. The van der Waals surface area contributed by atoms with Crippen molar-refractivity contribution in [2.45, 2.75) is 62.6 Å². The molecule has 186 valence electrons. The highest BCUT2D eigenvalue weighted by atomic mass is 32.2. The van der Waals surface area contributed by atoms with Crippen LogP contribution in [0.4, 0.5) is 16.2 Å². The maximum absolute atomic E-state index is 13.9. The average Bonchev–Trinajstić information content (AvgIpc) is 3.42. The summed E-state index contributed by atoms with van der Waals surface area (Å²) in [6.45, 7) is 5.26. The van der Waals surface area contributed by atoms with Crippen LogP contribution in [0.25, 0.3) is 11.0 Å². The summed E-state index contributed by atoms with van der Waals surface area (Å²) in [5.74, 6) is 0. The van der Waals surface area contributed by atoms with E-state index in [-0.39, 0.29) is 23.0 Å². The van der Waals surface area contributed by atoms with Crippen LogP contribution in [-0.4, -0.2) is 47.1 Å². The molecule has 0 spiro atoms. The number of nitrogens with one attached hydrogen (secondary N) is 2. The molecule has 0 radical (unpaired) electrons. The Hall–Kier alpha value is -3.67. The van der Waals surface area contributed by atoms with E-state index in [1.165, 1.54) is 12.1 Å². The van der Waals surface area contributed by atoms with Gasteiger partial charge in [0, 0.05) is 18.3 Å². The number of carbonyl (C=O) groups is 1. The largest absolute Gasteiger partial charge is 0.444 e. The Balaban J connectivity index is 1.78. The van der Waals surface area contributed by atoms with Gasteiger partial charge in [-0.05, 0) is 58.2 Å². The molecule has 2 unspecified atom stereocenters. The highest BCUT2D eigenvalue weighted by Gasteiger charge is 2.41. The van der Waals surface area contributed by atoms with Crippen LogP contribution in [0.3, 0.4) is 0 Å². The monoisotopic (exact) mass is 501 g/mol. The Bertz CT molecular complexity index is 1350. The van der Waals surface area contributed by atoms with E-state index in [1.54, 1.807) is 51.2 Å². The van der Waals surface area contributed by atoms with E-state index in [9.17, 15) is 23.3 Å². The van der Waals surface area contributed by atoms with E-state index >= 15 is 0 Å². The van der Waals surface area contributed by atoms with Crippen LogP contribution in [0.1, 0.15) is 40.0 Å². The lowest BCUT2D eigenvalue weighted by Gasteiger charge is -2.30. The minimum Gasteiger partial charge on any atom is -0.444 e. The standard InChI is InChI=1S/C23H27N5O6S/c1-23(2,3)34-22(29)26-15-9-10-16(13-15)27(35(32,33)17-7-5-4-6-8-17)20-18-11-12-24-21(18)25-14-19(20)28(30)31/h4-8,11-12,14-16H,9-10,13H2,1-3H3,(H,24,25)(H,26,29). The number of nitro groups is 1. The Morgan fingerprint density at radius 3 is 2.60 bits per heavy atom. The zero-order chi connectivity index (χ0) is 25.4. The molecule has 1 aliphatic rings. The summed E-state index contributed by atoms with van der Waals surface area (Å²) < 4.78 is 34.3. The van der Waals surface area contributed by atoms with Gasteiger partial charge < -0.3 is 15.0 Å². The van der Waals surface area contributed by atoms with Gasteiger partial charge in [-0.3, -0.25) is 14.4 Å². The number of sulfonamides is 1. The number of nitrogens with zero attached hydrogens (tertiary/aromatic N) is 3. The number of H-pyrrole nitrogens is 1. The van der Waals surface area contributed by atoms with Crippen molar-refractivity contribution in [3.63, 3.8) is 0 Å². The third kappa shape index (κ3) is 5.06. The van der Waals surface area contributed by atoms with Gasteiger partial charge in [-0.15, -0.1) is 0 Å². The molecule has 12 heteroatoms. The number of alkyl carbamates (subject to hydrolysis) is 1. The number of rotatable bonds is 6. The van der Waals surface area contributed by atoms with Crippen LogP contribution < -0.4 is 9.62 Å². The molecule has 2 heterocycles. The van der Waals surface area contributed by atoms with Gasteiger partial charge in [0.2, 0.25) is 0 Å². The number of ether oxygens (including phenoxy) is 1. The number of fused-ring (bicyclic) bond motifs is 1. The number of anilines is 1. The van der Waals surface area contributed by atoms with Gasteiger partial charge in [0.15, 0.2) is 0 Å². The first-order valence-electron chi connectivity index (χ1n) is 11.2. The van der Waals surface area contributed by atoms with E-state index < -0.39 is 38.4 Å². The molecule has 1 aliphatic carbocycles. The van der Waals surface area contributed by atoms with Gasteiger partial charge in [0.1, 0.15) is 23.1 Å².